The van der Waals surface area contributed by atoms with Crippen LogP contribution in [0.15, 0.2) is 0 Å². The molecule has 0 aromatic rings. The van der Waals surface area contributed by atoms with Gasteiger partial charge in [0.05, 0.1) is 6.61 Å². The lowest BCUT2D eigenvalue weighted by Gasteiger charge is -2.21. The van der Waals surface area contributed by atoms with Crippen LogP contribution in [0.2, 0.25) is 0 Å². The fourth-order valence-corrected chi connectivity index (χ4v) is 0.822. The van der Waals surface area contributed by atoms with Crippen molar-refractivity contribution in [2.45, 2.75) is 45.8 Å². The number of hydrogen-bond donors (Lipinski definition) is 1. The van der Waals surface area contributed by atoms with E-state index >= 15 is 0 Å². The molecule has 0 saturated heterocycles. The molecule has 14 heavy (non-hydrogen) atoms. The molecule has 84 valence electrons. The van der Waals surface area contributed by atoms with Crippen LogP contribution in [0, 0.1) is 0 Å². The van der Waals surface area contributed by atoms with Gasteiger partial charge in [0, 0.05) is 13.8 Å². The molecule has 0 aromatic carbocycles. The van der Waals surface area contributed by atoms with E-state index in [1.807, 2.05) is 0 Å². The highest BCUT2D eigenvalue weighted by Gasteiger charge is 2.24. The summed E-state index contributed by atoms with van der Waals surface area (Å²) in [5.74, 6) is -1.25. The maximum absolute atomic E-state index is 10.2. The molecule has 5 nitrogen and oxygen atoms in total. The molecule has 1 N–H and O–H groups in total. The van der Waals surface area contributed by atoms with Crippen LogP contribution < -0.4 is 0 Å². The molecule has 0 bridgehead atoms. The first kappa shape index (κ1) is 13.2. The zero-order valence-electron chi connectivity index (χ0n) is 8.91. The van der Waals surface area contributed by atoms with E-state index in [1.54, 1.807) is 0 Å². The summed E-state index contributed by atoms with van der Waals surface area (Å²) in [6, 6.07) is 0. The molecule has 0 fully saturated rings. The third-order valence-corrected chi connectivity index (χ3v) is 1.42. The van der Waals surface area contributed by atoms with E-state index in [4.69, 9.17) is 14.9 Å². The molecule has 0 saturated carbocycles. The lowest BCUT2D eigenvalue weighted by atomic mass is 10.3. The first-order valence-corrected chi connectivity index (χ1v) is 4.70. The molecule has 0 atom stereocenters. The Bertz CT molecular complexity index is 167. The van der Waals surface area contributed by atoms with Crippen molar-refractivity contribution in [1.82, 2.24) is 0 Å². The van der Waals surface area contributed by atoms with Gasteiger partial charge < -0.3 is 9.84 Å². The Balaban J connectivity index is 3.50. The van der Waals surface area contributed by atoms with Crippen molar-refractivity contribution >= 4 is 6.16 Å². The number of ether oxygens (including phenoxy) is 1. The topological polar surface area (TPSA) is 65.0 Å². The van der Waals surface area contributed by atoms with Crippen LogP contribution in [0.4, 0.5) is 4.79 Å². The molecule has 0 radical (unpaired) electrons. The quantitative estimate of drug-likeness (QED) is 0.228. The summed E-state index contributed by atoms with van der Waals surface area (Å²) >= 11 is 0. The van der Waals surface area contributed by atoms with E-state index in [1.165, 1.54) is 13.8 Å². The molecule has 0 aliphatic carbocycles. The van der Waals surface area contributed by atoms with E-state index in [-0.39, 0.29) is 0 Å². The van der Waals surface area contributed by atoms with Crippen LogP contribution in [0.3, 0.4) is 0 Å². The monoisotopic (exact) mass is 206 g/mol. The van der Waals surface area contributed by atoms with Crippen molar-refractivity contribution in [3.63, 3.8) is 0 Å². The average molecular weight is 206 g/mol. The van der Waals surface area contributed by atoms with E-state index in [9.17, 15) is 4.79 Å². The van der Waals surface area contributed by atoms with Gasteiger partial charge in [0.25, 0.3) is 0 Å². The minimum Gasteiger partial charge on any atom is -0.450 e. The number of carboxylic acid groups (broad SMARTS) is 1. The number of rotatable bonds is 7. The molecule has 0 rings (SSSR count). The summed E-state index contributed by atoms with van der Waals surface area (Å²) in [6.07, 6.45) is 1.66. The maximum atomic E-state index is 10.2. The van der Waals surface area contributed by atoms with Gasteiger partial charge in [0.1, 0.15) is 0 Å². The molecule has 0 aromatic heterocycles. The van der Waals surface area contributed by atoms with Gasteiger partial charge >= 0.3 is 6.16 Å². The number of hydrogen-bond acceptors (Lipinski definition) is 4. The molecule has 5 heteroatoms. The molecule has 0 aliphatic heterocycles. The van der Waals surface area contributed by atoms with Crippen molar-refractivity contribution in [1.29, 1.82) is 0 Å². The van der Waals surface area contributed by atoms with Gasteiger partial charge in [-0.2, -0.15) is 4.89 Å². The second kappa shape index (κ2) is 6.62. The minimum atomic E-state index is -1.38. The van der Waals surface area contributed by atoms with Gasteiger partial charge in [-0.1, -0.05) is 19.8 Å². The smallest absolute Gasteiger partial charge is 0.450 e. The normalized spacial score (nSPS) is 11.4. The van der Waals surface area contributed by atoms with Crippen molar-refractivity contribution in [2.24, 2.45) is 0 Å². The van der Waals surface area contributed by atoms with Gasteiger partial charge in [0.2, 0.25) is 5.79 Å². The lowest BCUT2D eigenvalue weighted by Crippen LogP contribution is -2.31. The predicted molar refractivity (Wildman–Crippen MR) is 49.8 cm³/mol. The predicted octanol–water partition coefficient (Wildman–Crippen LogP) is 2.56. The molecular weight excluding hydrogens is 188 g/mol. The lowest BCUT2D eigenvalue weighted by molar-refractivity contribution is -0.406. The zero-order chi connectivity index (χ0) is 11.0. The van der Waals surface area contributed by atoms with Crippen LogP contribution in [-0.2, 0) is 14.5 Å². The number of carbonyl (C=O) groups is 1. The highest BCUT2D eigenvalue weighted by molar-refractivity contribution is 5.57. The van der Waals surface area contributed by atoms with Crippen molar-refractivity contribution < 1.29 is 24.4 Å². The summed E-state index contributed by atoms with van der Waals surface area (Å²) in [7, 11) is 0. The SMILES string of the molecule is CCCCCOOC(C)(C)OC(=O)O. The Labute approximate surface area is 83.9 Å². The van der Waals surface area contributed by atoms with Gasteiger partial charge in [0.15, 0.2) is 0 Å². The summed E-state index contributed by atoms with van der Waals surface area (Å²) in [4.78, 5) is 19.8. The fourth-order valence-electron chi connectivity index (χ4n) is 0.822. The Hall–Kier alpha value is -0.810. The highest BCUT2D eigenvalue weighted by Crippen LogP contribution is 2.12. The summed E-state index contributed by atoms with van der Waals surface area (Å²) < 4.78 is 4.41. The Morgan fingerprint density at radius 2 is 2.00 bits per heavy atom. The second-order valence-corrected chi connectivity index (χ2v) is 3.38. The van der Waals surface area contributed by atoms with Crippen LogP contribution in [0.1, 0.15) is 40.0 Å². The fraction of sp³-hybridized carbons (Fsp3) is 0.889. The Morgan fingerprint density at radius 1 is 1.36 bits per heavy atom. The largest absolute Gasteiger partial charge is 0.508 e. The van der Waals surface area contributed by atoms with Gasteiger partial charge in [-0.25, -0.2) is 9.68 Å². The number of unbranched alkanes of at least 4 members (excludes halogenated alkanes) is 2. The minimum absolute atomic E-state index is 0.445. The second-order valence-electron chi connectivity index (χ2n) is 3.38. The molecule has 0 unspecified atom stereocenters. The van der Waals surface area contributed by atoms with Gasteiger partial charge in [-0.15, -0.1) is 0 Å². The first-order chi connectivity index (χ1) is 6.48. The molecule has 0 heterocycles. The van der Waals surface area contributed by atoms with Gasteiger partial charge in [-0.3, -0.25) is 0 Å². The maximum Gasteiger partial charge on any atom is 0.508 e. The van der Waals surface area contributed by atoms with E-state index in [2.05, 4.69) is 11.7 Å². The van der Waals surface area contributed by atoms with Crippen molar-refractivity contribution in [2.75, 3.05) is 6.61 Å². The molecular formula is C9H18O5. The molecule has 0 amide bonds. The highest BCUT2D eigenvalue weighted by atomic mass is 17.2. The third-order valence-electron chi connectivity index (χ3n) is 1.42. The van der Waals surface area contributed by atoms with Crippen LogP contribution >= 0.6 is 0 Å². The third kappa shape index (κ3) is 7.82. The molecule has 0 spiro atoms. The van der Waals surface area contributed by atoms with Crippen LogP contribution in [-0.4, -0.2) is 23.7 Å². The molecule has 0 aliphatic rings. The standard InChI is InChI=1S/C9H18O5/c1-4-5-6-7-12-14-9(2,3)13-8(10)11/h4-7H2,1-3H3,(H,10,11). The van der Waals surface area contributed by atoms with E-state index < -0.39 is 11.9 Å². The summed E-state index contributed by atoms with van der Waals surface area (Å²) in [5.41, 5.74) is 0. The van der Waals surface area contributed by atoms with E-state index in [0.29, 0.717) is 6.61 Å². The van der Waals surface area contributed by atoms with E-state index in [0.717, 1.165) is 19.3 Å². The Kier molecular flexibility index (Phi) is 6.23. The van der Waals surface area contributed by atoms with Crippen LogP contribution in [0.5, 0.6) is 0 Å². The zero-order valence-corrected chi connectivity index (χ0v) is 8.91. The van der Waals surface area contributed by atoms with Gasteiger partial charge in [-0.05, 0) is 6.42 Å². The van der Waals surface area contributed by atoms with Crippen molar-refractivity contribution in [3.8, 4) is 0 Å². The summed E-state index contributed by atoms with van der Waals surface area (Å²) in [5, 5.41) is 8.33. The Morgan fingerprint density at radius 3 is 2.50 bits per heavy atom. The first-order valence-electron chi connectivity index (χ1n) is 4.70. The van der Waals surface area contributed by atoms with Crippen molar-refractivity contribution in [3.05, 3.63) is 0 Å². The summed E-state index contributed by atoms with van der Waals surface area (Å²) in [6.45, 7) is 5.47. The van der Waals surface area contributed by atoms with Crippen LogP contribution in [0.25, 0.3) is 0 Å². The average Bonchev–Trinajstić information content (AvgIpc) is 2.01.